The predicted molar refractivity (Wildman–Crippen MR) is 154 cm³/mol. The van der Waals surface area contributed by atoms with Gasteiger partial charge in [0.15, 0.2) is 11.5 Å². The minimum atomic E-state index is -3.43. The largest absolute Gasteiger partial charge is 0.376 e. The first-order valence-electron chi connectivity index (χ1n) is 12.3. The van der Waals surface area contributed by atoms with E-state index in [1.54, 1.807) is 18.3 Å². The molecule has 6 rings (SSSR count). The molecule has 202 valence electrons. The first-order valence-corrected chi connectivity index (χ1v) is 14.2. The Morgan fingerprint density at radius 3 is 2.65 bits per heavy atom. The van der Waals surface area contributed by atoms with Crippen molar-refractivity contribution in [1.29, 1.82) is 0 Å². The molecule has 0 aliphatic heterocycles. The highest BCUT2D eigenvalue weighted by molar-refractivity contribution is 7.88. The van der Waals surface area contributed by atoms with Crippen LogP contribution in [0.2, 0.25) is 0 Å². The van der Waals surface area contributed by atoms with Crippen LogP contribution in [0.15, 0.2) is 67.1 Å². The fourth-order valence-corrected chi connectivity index (χ4v) is 5.01. The Balaban J connectivity index is 1.42. The summed E-state index contributed by atoms with van der Waals surface area (Å²) in [7, 11) is 0.513. The van der Waals surface area contributed by atoms with Crippen molar-refractivity contribution >= 4 is 37.8 Å². The van der Waals surface area contributed by atoms with Gasteiger partial charge in [0.1, 0.15) is 17.0 Å². The third-order valence-electron chi connectivity index (χ3n) is 6.55. The van der Waals surface area contributed by atoms with E-state index in [4.69, 9.17) is 4.98 Å². The molecule has 0 aliphatic rings. The molecule has 6 aromatic rings. The molecular weight excluding hydrogens is 531 g/mol. The fourth-order valence-electron chi connectivity index (χ4n) is 4.58. The van der Waals surface area contributed by atoms with Crippen LogP contribution in [0.3, 0.4) is 0 Å². The lowest BCUT2D eigenvalue weighted by Gasteiger charge is -2.13. The van der Waals surface area contributed by atoms with Crippen molar-refractivity contribution in [3.05, 3.63) is 78.5 Å². The lowest BCUT2D eigenvalue weighted by Crippen LogP contribution is -2.21. The number of sulfonamides is 1. The van der Waals surface area contributed by atoms with Crippen molar-refractivity contribution in [1.82, 2.24) is 34.9 Å². The normalized spacial score (nSPS) is 11.9. The van der Waals surface area contributed by atoms with Crippen molar-refractivity contribution < 1.29 is 12.8 Å². The van der Waals surface area contributed by atoms with Crippen LogP contribution in [0.4, 0.5) is 10.1 Å². The van der Waals surface area contributed by atoms with Crippen LogP contribution in [0, 0.1) is 5.82 Å². The summed E-state index contributed by atoms with van der Waals surface area (Å²) in [5.74, 6) is 0.0241. The van der Waals surface area contributed by atoms with Gasteiger partial charge in [-0.3, -0.25) is 10.1 Å². The van der Waals surface area contributed by atoms with E-state index in [1.807, 2.05) is 49.6 Å². The molecule has 12 heteroatoms. The molecule has 0 unspecified atom stereocenters. The minimum Gasteiger partial charge on any atom is -0.376 e. The summed E-state index contributed by atoms with van der Waals surface area (Å²) in [6, 6.07) is 14.3. The first-order chi connectivity index (χ1) is 19.1. The van der Waals surface area contributed by atoms with Gasteiger partial charge in [0, 0.05) is 49.5 Å². The van der Waals surface area contributed by atoms with Gasteiger partial charge in [-0.15, -0.1) is 0 Å². The zero-order valence-corrected chi connectivity index (χ0v) is 22.7. The fraction of sp³-hybridized carbons (Fsp3) is 0.143. The molecule has 2 aromatic carbocycles. The van der Waals surface area contributed by atoms with Gasteiger partial charge < -0.3 is 9.88 Å². The van der Waals surface area contributed by atoms with E-state index >= 15 is 0 Å². The lowest BCUT2D eigenvalue weighted by atomic mass is 10.0. The Labute approximate surface area is 229 Å². The summed E-state index contributed by atoms with van der Waals surface area (Å²) in [5, 5.41) is 8.46. The van der Waals surface area contributed by atoms with Crippen LogP contribution < -0.4 is 9.62 Å². The van der Waals surface area contributed by atoms with Gasteiger partial charge in [0.25, 0.3) is 0 Å². The van der Waals surface area contributed by atoms with Crippen molar-refractivity contribution in [3.8, 4) is 33.8 Å². The summed E-state index contributed by atoms with van der Waals surface area (Å²) in [5.41, 5.74) is 7.17. The SMILES string of the molecule is CN(C)c1cncc(-c2ccc3[nH]nc(-c4nc5c(-c6cc(F)cc(CNS(C)(=O)=O)c6)ccnc5[nH]4)c3c2)c1. The number of anilines is 1. The Bertz CT molecular complexity index is 2000. The molecule has 3 N–H and O–H groups in total. The number of hydrogen-bond acceptors (Lipinski definition) is 7. The number of H-pyrrole nitrogens is 2. The standard InChI is InChI=1S/C28H25FN8O2S/c1-37(2)21-11-19(14-30-15-21)17-4-5-24-23(12-17)26(36-35-24)28-33-25-22(6-7-31-27(25)34-28)18-8-16(9-20(29)10-18)13-32-40(3,38)39/h4-12,14-15,32H,13H2,1-3H3,(H,35,36)(H,31,33,34). The van der Waals surface area contributed by atoms with Crippen LogP contribution in [-0.4, -0.2) is 58.9 Å². The van der Waals surface area contributed by atoms with Crippen molar-refractivity contribution in [2.75, 3.05) is 25.3 Å². The molecule has 0 spiro atoms. The van der Waals surface area contributed by atoms with Gasteiger partial charge in [-0.05, 0) is 59.2 Å². The minimum absolute atomic E-state index is 0.0296. The summed E-state index contributed by atoms with van der Waals surface area (Å²) in [6.45, 7) is -0.0296. The Hall–Kier alpha value is -4.68. The van der Waals surface area contributed by atoms with Crippen LogP contribution in [0.1, 0.15) is 5.56 Å². The van der Waals surface area contributed by atoms with E-state index < -0.39 is 15.8 Å². The molecule has 10 nitrogen and oxygen atoms in total. The van der Waals surface area contributed by atoms with Crippen molar-refractivity contribution in [2.45, 2.75) is 6.54 Å². The molecule has 0 amide bonds. The second-order valence-corrected chi connectivity index (χ2v) is 11.6. The zero-order valence-electron chi connectivity index (χ0n) is 21.9. The summed E-state index contributed by atoms with van der Waals surface area (Å²) in [6.07, 6.45) is 6.31. The molecular formula is C28H25FN8O2S. The van der Waals surface area contributed by atoms with E-state index in [0.717, 1.165) is 34.0 Å². The molecule has 0 bridgehead atoms. The third kappa shape index (κ3) is 5.01. The molecule has 0 saturated heterocycles. The highest BCUT2D eigenvalue weighted by Crippen LogP contribution is 2.33. The van der Waals surface area contributed by atoms with E-state index in [1.165, 1.54) is 12.1 Å². The number of hydrogen-bond donors (Lipinski definition) is 3. The number of rotatable bonds is 7. The summed E-state index contributed by atoms with van der Waals surface area (Å²) < 4.78 is 40.0. The average Bonchev–Trinajstić information content (AvgIpc) is 3.55. The monoisotopic (exact) mass is 556 g/mol. The number of aromatic nitrogens is 6. The van der Waals surface area contributed by atoms with Gasteiger partial charge in [-0.2, -0.15) is 5.10 Å². The predicted octanol–water partition coefficient (Wildman–Crippen LogP) is 4.48. The summed E-state index contributed by atoms with van der Waals surface area (Å²) >= 11 is 0. The molecule has 0 saturated carbocycles. The zero-order chi connectivity index (χ0) is 28.0. The maximum absolute atomic E-state index is 14.5. The van der Waals surface area contributed by atoms with E-state index in [-0.39, 0.29) is 6.54 Å². The van der Waals surface area contributed by atoms with Gasteiger partial charge in [0.05, 0.1) is 23.7 Å². The molecule has 40 heavy (non-hydrogen) atoms. The topological polar surface area (TPSA) is 133 Å². The highest BCUT2D eigenvalue weighted by Gasteiger charge is 2.17. The van der Waals surface area contributed by atoms with Crippen molar-refractivity contribution in [2.24, 2.45) is 0 Å². The Morgan fingerprint density at radius 2 is 1.85 bits per heavy atom. The van der Waals surface area contributed by atoms with Crippen LogP contribution in [-0.2, 0) is 16.6 Å². The van der Waals surface area contributed by atoms with E-state index in [9.17, 15) is 12.8 Å². The van der Waals surface area contributed by atoms with E-state index in [2.05, 4.69) is 35.9 Å². The number of pyridine rings is 2. The molecule has 0 aliphatic carbocycles. The molecule has 4 heterocycles. The van der Waals surface area contributed by atoms with Gasteiger partial charge in [-0.1, -0.05) is 6.07 Å². The average molecular weight is 557 g/mol. The number of imidazole rings is 1. The number of nitrogens with zero attached hydrogens (tertiary/aromatic N) is 5. The second kappa shape index (κ2) is 9.81. The summed E-state index contributed by atoms with van der Waals surface area (Å²) in [4.78, 5) is 18.9. The Kier molecular flexibility index (Phi) is 6.28. The smallest absolute Gasteiger partial charge is 0.209 e. The third-order valence-corrected chi connectivity index (χ3v) is 7.22. The van der Waals surface area contributed by atoms with Crippen LogP contribution in [0.5, 0.6) is 0 Å². The number of benzene rings is 2. The molecule has 0 radical (unpaired) electrons. The maximum atomic E-state index is 14.5. The maximum Gasteiger partial charge on any atom is 0.209 e. The van der Waals surface area contributed by atoms with E-state index in [0.29, 0.717) is 39.4 Å². The molecule has 4 aromatic heterocycles. The van der Waals surface area contributed by atoms with Gasteiger partial charge in [-0.25, -0.2) is 27.5 Å². The molecule has 0 fully saturated rings. The van der Waals surface area contributed by atoms with Crippen molar-refractivity contribution in [3.63, 3.8) is 0 Å². The second-order valence-electron chi connectivity index (χ2n) is 9.74. The number of fused-ring (bicyclic) bond motifs is 2. The van der Waals surface area contributed by atoms with Crippen LogP contribution >= 0.6 is 0 Å². The van der Waals surface area contributed by atoms with Gasteiger partial charge in [0.2, 0.25) is 10.0 Å². The first kappa shape index (κ1) is 25.6. The number of nitrogens with one attached hydrogen (secondary N) is 3. The number of halogens is 1. The van der Waals surface area contributed by atoms with Crippen LogP contribution in [0.25, 0.3) is 55.8 Å². The van der Waals surface area contributed by atoms with Gasteiger partial charge >= 0.3 is 0 Å². The molecule has 0 atom stereocenters. The number of aromatic amines is 2. The Morgan fingerprint density at radius 1 is 1.00 bits per heavy atom. The lowest BCUT2D eigenvalue weighted by molar-refractivity contribution is 0.586. The quantitative estimate of drug-likeness (QED) is 0.264. The highest BCUT2D eigenvalue weighted by atomic mass is 32.2.